The molecule has 0 aliphatic carbocycles. The van der Waals surface area contributed by atoms with Crippen LogP contribution in [0.1, 0.15) is 157 Å². The van der Waals surface area contributed by atoms with Gasteiger partial charge in [0.15, 0.2) is 0 Å². The van der Waals surface area contributed by atoms with E-state index in [1.807, 2.05) is 96.9 Å². The lowest BCUT2D eigenvalue weighted by Gasteiger charge is -2.27. The third-order valence-corrected chi connectivity index (χ3v) is 7.71. The summed E-state index contributed by atoms with van der Waals surface area (Å²) >= 11 is 0. The molecule has 1 fully saturated rings. The fourth-order valence-corrected chi connectivity index (χ4v) is 2.29. The number of hydrogen-bond acceptors (Lipinski definition) is 9. The van der Waals surface area contributed by atoms with E-state index in [1.54, 1.807) is 27.7 Å². The van der Waals surface area contributed by atoms with Gasteiger partial charge in [-0.25, -0.2) is 4.79 Å². The minimum absolute atomic E-state index is 0.113. The van der Waals surface area contributed by atoms with E-state index >= 15 is 0 Å². The Morgan fingerprint density at radius 3 is 1.11 bits per heavy atom. The van der Waals surface area contributed by atoms with Gasteiger partial charge in [-0.15, -0.1) is 0 Å². The van der Waals surface area contributed by atoms with Gasteiger partial charge in [0.25, 0.3) is 0 Å². The Labute approximate surface area is 280 Å². The van der Waals surface area contributed by atoms with Crippen LogP contribution in [0.4, 0.5) is 0 Å². The Bertz CT molecular complexity index is 936. The van der Waals surface area contributed by atoms with Crippen molar-refractivity contribution in [1.82, 2.24) is 0 Å². The second-order valence-corrected chi connectivity index (χ2v) is 16.1. The van der Waals surface area contributed by atoms with Crippen molar-refractivity contribution < 1.29 is 48.0 Å². The van der Waals surface area contributed by atoms with Crippen LogP contribution in [0.5, 0.6) is 0 Å². The molecule has 0 spiro atoms. The zero-order valence-corrected chi connectivity index (χ0v) is 32.4. The molecule has 1 heterocycles. The molecule has 10 nitrogen and oxygen atoms in total. The zero-order valence-electron chi connectivity index (χ0n) is 32.4. The van der Waals surface area contributed by atoms with Crippen LogP contribution in [0.3, 0.4) is 0 Å². The molecule has 0 radical (unpaired) electrons. The van der Waals surface area contributed by atoms with Crippen LogP contribution in [-0.4, -0.2) is 58.9 Å². The summed E-state index contributed by atoms with van der Waals surface area (Å²) in [5.41, 5.74) is -2.52. The van der Waals surface area contributed by atoms with Crippen LogP contribution >= 0.6 is 0 Å². The van der Waals surface area contributed by atoms with E-state index in [0.29, 0.717) is 25.9 Å². The van der Waals surface area contributed by atoms with E-state index in [9.17, 15) is 24.0 Å². The zero-order chi connectivity index (χ0) is 37.5. The SMILES string of the molecule is CCC(C)(C)C(=O)O.CCC(C)(C)C(=O)OC(C)(C)C.CCC(C)(C)C(=O)OC(C)(C)C.CCC(C)(C)C(=O)OC1CCOC1=O. The Kier molecular flexibility index (Phi) is 20.0. The van der Waals surface area contributed by atoms with E-state index in [1.165, 1.54) is 0 Å². The molecule has 1 N–H and O–H groups in total. The van der Waals surface area contributed by atoms with Gasteiger partial charge in [0.2, 0.25) is 6.10 Å². The smallest absolute Gasteiger partial charge is 0.347 e. The molecule has 46 heavy (non-hydrogen) atoms. The highest BCUT2D eigenvalue weighted by atomic mass is 16.6. The molecule has 1 saturated heterocycles. The summed E-state index contributed by atoms with van der Waals surface area (Å²) in [5, 5.41) is 8.44. The quantitative estimate of drug-likeness (QED) is 0.189. The first kappa shape index (κ1) is 47.8. The number of carbonyl (C=O) groups excluding carboxylic acids is 4. The first-order chi connectivity index (χ1) is 20.4. The molecule has 1 aliphatic heterocycles. The summed E-state index contributed by atoms with van der Waals surface area (Å²) in [6.07, 6.45) is 2.78. The van der Waals surface area contributed by atoms with Crippen molar-refractivity contribution in [2.75, 3.05) is 6.61 Å². The molecule has 0 aromatic carbocycles. The van der Waals surface area contributed by atoms with Gasteiger partial charge in [-0.05, 0) is 123 Å². The molecular weight excluding hydrogens is 592 g/mol. The van der Waals surface area contributed by atoms with Crippen LogP contribution in [-0.2, 0) is 42.9 Å². The largest absolute Gasteiger partial charge is 0.481 e. The number of esters is 4. The Hall–Kier alpha value is -2.65. The number of hydrogen-bond donors (Lipinski definition) is 1. The first-order valence-corrected chi connectivity index (χ1v) is 16.4. The van der Waals surface area contributed by atoms with Gasteiger partial charge in [-0.3, -0.25) is 19.2 Å². The molecule has 0 amide bonds. The van der Waals surface area contributed by atoms with Crippen molar-refractivity contribution in [2.24, 2.45) is 21.7 Å². The van der Waals surface area contributed by atoms with Crippen molar-refractivity contribution in [2.45, 2.75) is 174 Å². The van der Waals surface area contributed by atoms with E-state index < -0.39 is 28.9 Å². The van der Waals surface area contributed by atoms with E-state index in [4.69, 9.17) is 24.1 Å². The summed E-state index contributed by atoms with van der Waals surface area (Å²) in [6, 6.07) is 0. The van der Waals surface area contributed by atoms with Gasteiger partial charge in [0, 0.05) is 6.42 Å². The molecule has 0 bridgehead atoms. The Morgan fingerprint density at radius 2 is 0.913 bits per heavy atom. The summed E-state index contributed by atoms with van der Waals surface area (Å²) in [4.78, 5) is 55.8. The van der Waals surface area contributed by atoms with Crippen LogP contribution in [0, 0.1) is 21.7 Å². The maximum atomic E-state index is 11.6. The second kappa shape index (κ2) is 19.2. The van der Waals surface area contributed by atoms with Crippen LogP contribution in [0.15, 0.2) is 0 Å². The topological polar surface area (TPSA) is 142 Å². The molecule has 0 saturated carbocycles. The van der Waals surface area contributed by atoms with Crippen LogP contribution < -0.4 is 0 Å². The Morgan fingerprint density at radius 1 is 0.609 bits per heavy atom. The molecule has 0 aromatic heterocycles. The number of ether oxygens (including phenoxy) is 4. The normalized spacial score (nSPS) is 15.3. The van der Waals surface area contributed by atoms with E-state index in [2.05, 4.69) is 0 Å². The molecule has 1 rings (SSSR count). The van der Waals surface area contributed by atoms with E-state index in [0.717, 1.165) is 12.8 Å². The summed E-state index contributed by atoms with van der Waals surface area (Å²) in [5.74, 6) is -1.70. The second-order valence-electron chi connectivity index (χ2n) is 16.1. The van der Waals surface area contributed by atoms with Crippen molar-refractivity contribution in [3.63, 3.8) is 0 Å². The predicted molar refractivity (Wildman–Crippen MR) is 181 cm³/mol. The Balaban J connectivity index is -0.000000546. The highest BCUT2D eigenvalue weighted by Crippen LogP contribution is 2.26. The number of carbonyl (C=O) groups is 5. The van der Waals surface area contributed by atoms with Crippen molar-refractivity contribution in [3.05, 3.63) is 0 Å². The number of carboxylic acid groups (broad SMARTS) is 1. The maximum absolute atomic E-state index is 11.6. The van der Waals surface area contributed by atoms with Crippen LogP contribution in [0.25, 0.3) is 0 Å². The lowest BCUT2D eigenvalue weighted by Crippen LogP contribution is -2.33. The van der Waals surface area contributed by atoms with Gasteiger partial charge in [-0.1, -0.05) is 27.7 Å². The number of cyclic esters (lactones) is 1. The minimum Gasteiger partial charge on any atom is -0.481 e. The van der Waals surface area contributed by atoms with Gasteiger partial charge in [0.1, 0.15) is 11.2 Å². The monoisotopic (exact) mass is 660 g/mol. The maximum Gasteiger partial charge on any atom is 0.347 e. The molecular formula is C36H68O10. The predicted octanol–water partition coefficient (Wildman–Crippen LogP) is 8.32. The highest BCUT2D eigenvalue weighted by molar-refractivity contribution is 5.82. The van der Waals surface area contributed by atoms with Crippen LogP contribution in [0.2, 0.25) is 0 Å². The molecule has 272 valence electrons. The summed E-state index contributed by atoms with van der Waals surface area (Å²) in [6.45, 7) is 34.1. The van der Waals surface area contributed by atoms with Gasteiger partial charge >= 0.3 is 29.8 Å². The lowest BCUT2D eigenvalue weighted by molar-refractivity contribution is -0.167. The van der Waals surface area contributed by atoms with Crippen molar-refractivity contribution >= 4 is 29.8 Å². The molecule has 0 aromatic rings. The van der Waals surface area contributed by atoms with E-state index in [-0.39, 0.29) is 39.9 Å². The standard InChI is InChI=1S/C10H16O4.2C10H20O2.C6H12O2/c1-4-10(2,3)9(12)14-7-5-6-13-8(7)11;2*1-7-10(5,6)8(11)12-9(2,3)4;1-4-6(2,3)5(7)8/h7H,4-6H2,1-3H3;2*7H2,1-6H3;4H2,1-3H3,(H,7,8). The molecule has 1 atom stereocenters. The summed E-state index contributed by atoms with van der Waals surface area (Å²) < 4.78 is 20.3. The third-order valence-electron chi connectivity index (χ3n) is 7.71. The molecule has 1 unspecified atom stereocenters. The molecule has 10 heteroatoms. The first-order valence-electron chi connectivity index (χ1n) is 16.4. The average Bonchev–Trinajstić information content (AvgIpc) is 3.31. The highest BCUT2D eigenvalue weighted by Gasteiger charge is 2.35. The number of carboxylic acids is 1. The average molecular weight is 661 g/mol. The fourth-order valence-electron chi connectivity index (χ4n) is 2.29. The van der Waals surface area contributed by atoms with Crippen molar-refractivity contribution in [3.8, 4) is 0 Å². The fraction of sp³-hybridized carbons (Fsp3) is 0.861. The van der Waals surface area contributed by atoms with Gasteiger partial charge in [0.05, 0.1) is 28.3 Å². The summed E-state index contributed by atoms with van der Waals surface area (Å²) in [7, 11) is 0. The number of rotatable bonds is 9. The van der Waals surface area contributed by atoms with Gasteiger partial charge in [-0.2, -0.15) is 0 Å². The third kappa shape index (κ3) is 20.5. The number of aliphatic carboxylic acids is 1. The molecule has 1 aliphatic rings. The van der Waals surface area contributed by atoms with Crippen molar-refractivity contribution in [1.29, 1.82) is 0 Å². The van der Waals surface area contributed by atoms with Gasteiger partial charge < -0.3 is 24.1 Å². The minimum atomic E-state index is -0.722. The lowest BCUT2D eigenvalue weighted by atomic mass is 9.90.